The summed E-state index contributed by atoms with van der Waals surface area (Å²) < 4.78 is 1.62. The van der Waals surface area contributed by atoms with Gasteiger partial charge in [-0.25, -0.2) is 0 Å². The minimum Gasteiger partial charge on any atom is -0.369 e. The summed E-state index contributed by atoms with van der Waals surface area (Å²) in [5.41, 5.74) is 12.4. The molecule has 112 valence electrons. The molecule has 0 aliphatic heterocycles. The maximum absolute atomic E-state index is 12.2. The van der Waals surface area contributed by atoms with Crippen molar-refractivity contribution in [1.82, 2.24) is 14.8 Å². The molecule has 0 radical (unpaired) electrons. The highest BCUT2D eigenvalue weighted by Gasteiger charge is 2.41. The topological polar surface area (TPSA) is 117 Å². The zero-order valence-corrected chi connectivity index (χ0v) is 12.0. The van der Waals surface area contributed by atoms with Gasteiger partial charge in [0, 0.05) is 19.4 Å². The zero-order valence-electron chi connectivity index (χ0n) is 12.0. The molecule has 3 rings (SSSR count). The van der Waals surface area contributed by atoms with Crippen LogP contribution in [0.1, 0.15) is 27.3 Å². The van der Waals surface area contributed by atoms with E-state index >= 15 is 0 Å². The van der Waals surface area contributed by atoms with Gasteiger partial charge in [-0.2, -0.15) is 5.10 Å². The van der Waals surface area contributed by atoms with Crippen molar-refractivity contribution in [2.75, 3.05) is 0 Å². The standard InChI is InChI=1S/C15H15N5O2/c1-20-12(3-5-19-20)15(14(17)22)4-2-11-9(7-15)6-10(8-18-11)13(16)21/h2-6,8H,7H2,1H3,(H2,16,21)(H2,17,22). The van der Waals surface area contributed by atoms with Crippen LogP contribution in [0.5, 0.6) is 0 Å². The Hall–Kier alpha value is -2.96. The predicted molar refractivity (Wildman–Crippen MR) is 79.6 cm³/mol. The number of carbonyl (C=O) groups is 2. The van der Waals surface area contributed by atoms with E-state index in [2.05, 4.69) is 10.1 Å². The van der Waals surface area contributed by atoms with Crippen LogP contribution in [-0.4, -0.2) is 26.6 Å². The van der Waals surface area contributed by atoms with Crippen molar-refractivity contribution in [1.29, 1.82) is 0 Å². The summed E-state index contributed by atoms with van der Waals surface area (Å²) >= 11 is 0. The molecule has 0 saturated carbocycles. The number of pyridine rings is 1. The number of nitrogens with zero attached hydrogens (tertiary/aromatic N) is 3. The average molecular weight is 297 g/mol. The van der Waals surface area contributed by atoms with E-state index in [1.54, 1.807) is 42.2 Å². The number of aromatic nitrogens is 3. The van der Waals surface area contributed by atoms with Gasteiger partial charge in [0.1, 0.15) is 5.41 Å². The first-order chi connectivity index (χ1) is 10.4. The van der Waals surface area contributed by atoms with E-state index in [9.17, 15) is 9.59 Å². The van der Waals surface area contributed by atoms with E-state index < -0.39 is 17.2 Å². The Morgan fingerprint density at radius 3 is 2.73 bits per heavy atom. The summed E-state index contributed by atoms with van der Waals surface area (Å²) in [4.78, 5) is 27.7. The van der Waals surface area contributed by atoms with Crippen LogP contribution < -0.4 is 11.5 Å². The Kier molecular flexibility index (Phi) is 3.05. The molecule has 2 heterocycles. The highest BCUT2D eigenvalue weighted by Crippen LogP contribution is 2.35. The second-order valence-electron chi connectivity index (χ2n) is 5.32. The van der Waals surface area contributed by atoms with Crippen molar-refractivity contribution < 1.29 is 9.59 Å². The first kappa shape index (κ1) is 14.0. The number of primary amides is 2. The maximum atomic E-state index is 12.2. The van der Waals surface area contributed by atoms with Crippen LogP contribution in [-0.2, 0) is 23.7 Å². The van der Waals surface area contributed by atoms with Gasteiger partial charge in [-0.05, 0) is 30.2 Å². The number of aryl methyl sites for hydroxylation is 1. The summed E-state index contributed by atoms with van der Waals surface area (Å²) in [6.07, 6.45) is 6.82. The molecule has 0 spiro atoms. The Labute approximate surface area is 126 Å². The average Bonchev–Trinajstić information content (AvgIpc) is 2.92. The van der Waals surface area contributed by atoms with E-state index in [-0.39, 0.29) is 0 Å². The zero-order chi connectivity index (χ0) is 15.9. The second kappa shape index (κ2) is 4.80. The Morgan fingerprint density at radius 1 is 1.36 bits per heavy atom. The summed E-state index contributed by atoms with van der Waals surface area (Å²) in [6, 6.07) is 3.41. The fraction of sp³-hybridized carbons (Fsp3) is 0.200. The van der Waals surface area contributed by atoms with E-state index in [1.165, 1.54) is 6.20 Å². The van der Waals surface area contributed by atoms with Gasteiger partial charge in [-0.1, -0.05) is 6.08 Å². The van der Waals surface area contributed by atoms with Crippen molar-refractivity contribution in [2.24, 2.45) is 18.5 Å². The third-order valence-corrected chi connectivity index (χ3v) is 4.00. The third-order valence-electron chi connectivity index (χ3n) is 4.00. The second-order valence-corrected chi connectivity index (χ2v) is 5.32. The molecule has 1 atom stereocenters. The van der Waals surface area contributed by atoms with Crippen LogP contribution in [0.15, 0.2) is 30.6 Å². The van der Waals surface area contributed by atoms with Crippen LogP contribution in [0.25, 0.3) is 6.08 Å². The number of nitrogens with two attached hydrogens (primary N) is 2. The molecule has 2 aromatic rings. The summed E-state index contributed by atoms with van der Waals surface area (Å²) in [7, 11) is 1.75. The van der Waals surface area contributed by atoms with Gasteiger partial charge in [0.2, 0.25) is 11.8 Å². The van der Waals surface area contributed by atoms with Crippen LogP contribution in [0.3, 0.4) is 0 Å². The largest absolute Gasteiger partial charge is 0.369 e. The lowest BCUT2D eigenvalue weighted by Crippen LogP contribution is -2.44. The molecule has 7 heteroatoms. The van der Waals surface area contributed by atoms with E-state index in [4.69, 9.17) is 11.5 Å². The highest BCUT2D eigenvalue weighted by atomic mass is 16.1. The van der Waals surface area contributed by atoms with Crippen LogP contribution in [0.4, 0.5) is 0 Å². The van der Waals surface area contributed by atoms with Gasteiger partial charge in [0.25, 0.3) is 0 Å². The number of fused-ring (bicyclic) bond motifs is 1. The quantitative estimate of drug-likeness (QED) is 0.823. The van der Waals surface area contributed by atoms with Gasteiger partial charge in [0.05, 0.1) is 17.0 Å². The van der Waals surface area contributed by atoms with Crippen molar-refractivity contribution >= 4 is 17.9 Å². The number of amides is 2. The van der Waals surface area contributed by atoms with Crippen LogP contribution in [0, 0.1) is 0 Å². The van der Waals surface area contributed by atoms with E-state index in [1.807, 2.05) is 0 Å². The van der Waals surface area contributed by atoms with E-state index in [0.717, 1.165) is 5.56 Å². The normalized spacial score (nSPS) is 19.7. The lowest BCUT2D eigenvalue weighted by atomic mass is 9.74. The molecular formula is C15H15N5O2. The molecule has 4 N–H and O–H groups in total. The number of rotatable bonds is 3. The minimum atomic E-state index is -1.02. The maximum Gasteiger partial charge on any atom is 0.250 e. The molecule has 1 aliphatic rings. The lowest BCUT2D eigenvalue weighted by molar-refractivity contribution is -0.122. The molecule has 2 amide bonds. The molecule has 7 nitrogen and oxygen atoms in total. The first-order valence-corrected chi connectivity index (χ1v) is 6.70. The molecule has 1 unspecified atom stereocenters. The van der Waals surface area contributed by atoms with E-state index in [0.29, 0.717) is 23.4 Å². The number of hydrogen-bond acceptors (Lipinski definition) is 4. The highest BCUT2D eigenvalue weighted by molar-refractivity contribution is 5.94. The smallest absolute Gasteiger partial charge is 0.250 e. The molecular weight excluding hydrogens is 282 g/mol. The van der Waals surface area contributed by atoms with Gasteiger partial charge in [-0.15, -0.1) is 0 Å². The van der Waals surface area contributed by atoms with Gasteiger partial charge in [-0.3, -0.25) is 19.3 Å². The molecule has 0 aromatic carbocycles. The molecule has 1 aliphatic carbocycles. The molecule has 2 aromatic heterocycles. The summed E-state index contributed by atoms with van der Waals surface area (Å²) in [6.45, 7) is 0. The fourth-order valence-corrected chi connectivity index (χ4v) is 2.81. The van der Waals surface area contributed by atoms with Crippen molar-refractivity contribution in [3.63, 3.8) is 0 Å². The van der Waals surface area contributed by atoms with Gasteiger partial charge >= 0.3 is 0 Å². The minimum absolute atomic E-state index is 0.303. The number of carbonyl (C=O) groups excluding carboxylic acids is 2. The fourth-order valence-electron chi connectivity index (χ4n) is 2.81. The number of hydrogen-bond donors (Lipinski definition) is 2. The summed E-state index contributed by atoms with van der Waals surface area (Å²) in [5.74, 6) is -1.04. The van der Waals surface area contributed by atoms with Gasteiger partial charge < -0.3 is 11.5 Å². The Bertz CT molecular complexity index is 808. The Balaban J connectivity index is 2.15. The van der Waals surface area contributed by atoms with Crippen LogP contribution in [0.2, 0.25) is 0 Å². The van der Waals surface area contributed by atoms with Crippen molar-refractivity contribution in [3.05, 3.63) is 53.1 Å². The molecule has 0 fully saturated rings. The first-order valence-electron chi connectivity index (χ1n) is 6.70. The predicted octanol–water partition coefficient (Wildman–Crippen LogP) is -0.0934. The lowest BCUT2D eigenvalue weighted by Gasteiger charge is -2.31. The monoisotopic (exact) mass is 297 g/mol. The third kappa shape index (κ3) is 1.98. The van der Waals surface area contributed by atoms with Crippen LogP contribution >= 0.6 is 0 Å². The SMILES string of the molecule is Cn1nccc1C1(C(N)=O)C=Cc2ncc(C(N)=O)cc2C1. The Morgan fingerprint density at radius 2 is 2.14 bits per heavy atom. The summed E-state index contributed by atoms with van der Waals surface area (Å²) in [5, 5.41) is 4.11. The van der Waals surface area contributed by atoms with Crippen molar-refractivity contribution in [3.8, 4) is 0 Å². The van der Waals surface area contributed by atoms with Crippen molar-refractivity contribution in [2.45, 2.75) is 11.8 Å². The molecule has 22 heavy (non-hydrogen) atoms. The molecule has 0 bridgehead atoms. The molecule has 0 saturated heterocycles. The van der Waals surface area contributed by atoms with Gasteiger partial charge in [0.15, 0.2) is 0 Å².